The molecule has 0 radical (unpaired) electrons. The van der Waals surface area contributed by atoms with Crippen LogP contribution in [0.5, 0.6) is 5.75 Å². The summed E-state index contributed by atoms with van der Waals surface area (Å²) in [7, 11) is 1.66. The zero-order valence-corrected chi connectivity index (χ0v) is 13.6. The summed E-state index contributed by atoms with van der Waals surface area (Å²) in [6.45, 7) is 0. The molecule has 0 unspecified atom stereocenters. The smallest absolute Gasteiger partial charge is 0.118 e. The SMILES string of the molecule is COc1ccc(C(=S)/C=C(\Nc2ccccc2)SC)cc1. The van der Waals surface area contributed by atoms with Crippen molar-refractivity contribution >= 4 is 34.5 Å². The minimum Gasteiger partial charge on any atom is -0.497 e. The Hall–Kier alpha value is -1.78. The van der Waals surface area contributed by atoms with Crippen molar-refractivity contribution in [1.29, 1.82) is 0 Å². The number of rotatable bonds is 6. The van der Waals surface area contributed by atoms with E-state index in [0.717, 1.165) is 26.9 Å². The predicted molar refractivity (Wildman–Crippen MR) is 96.4 cm³/mol. The molecule has 0 spiro atoms. The van der Waals surface area contributed by atoms with Crippen LogP contribution in [0.3, 0.4) is 0 Å². The van der Waals surface area contributed by atoms with Gasteiger partial charge in [0.2, 0.25) is 0 Å². The number of hydrogen-bond acceptors (Lipinski definition) is 4. The van der Waals surface area contributed by atoms with Crippen molar-refractivity contribution in [2.24, 2.45) is 0 Å². The number of hydrogen-bond donors (Lipinski definition) is 1. The zero-order chi connectivity index (χ0) is 15.1. The number of benzene rings is 2. The van der Waals surface area contributed by atoms with Gasteiger partial charge >= 0.3 is 0 Å². The lowest BCUT2D eigenvalue weighted by Crippen LogP contribution is -2.00. The number of ether oxygens (including phenoxy) is 1. The summed E-state index contributed by atoms with van der Waals surface area (Å²) in [5, 5.41) is 4.38. The second-order valence-corrected chi connectivity index (χ2v) is 5.58. The van der Waals surface area contributed by atoms with Gasteiger partial charge in [-0.3, -0.25) is 0 Å². The maximum Gasteiger partial charge on any atom is 0.118 e. The lowest BCUT2D eigenvalue weighted by Gasteiger charge is -2.09. The Labute approximate surface area is 135 Å². The van der Waals surface area contributed by atoms with Gasteiger partial charge in [0, 0.05) is 10.6 Å². The molecule has 0 aliphatic heterocycles. The fourth-order valence-electron chi connectivity index (χ4n) is 1.77. The van der Waals surface area contributed by atoms with Crippen LogP contribution >= 0.6 is 24.0 Å². The van der Waals surface area contributed by atoms with Crippen LogP contribution < -0.4 is 10.1 Å². The highest BCUT2D eigenvalue weighted by atomic mass is 32.2. The number of thiocarbonyl (C=S) groups is 1. The van der Waals surface area contributed by atoms with E-state index in [1.807, 2.05) is 66.9 Å². The van der Waals surface area contributed by atoms with Gasteiger partial charge in [0.25, 0.3) is 0 Å². The van der Waals surface area contributed by atoms with Crippen molar-refractivity contribution in [3.63, 3.8) is 0 Å². The average molecular weight is 315 g/mol. The van der Waals surface area contributed by atoms with Gasteiger partial charge in [0.05, 0.1) is 12.1 Å². The van der Waals surface area contributed by atoms with Gasteiger partial charge in [0.15, 0.2) is 0 Å². The Morgan fingerprint density at radius 3 is 2.33 bits per heavy atom. The van der Waals surface area contributed by atoms with Gasteiger partial charge in [-0.05, 0) is 54.3 Å². The molecule has 2 rings (SSSR count). The van der Waals surface area contributed by atoms with Crippen molar-refractivity contribution in [2.45, 2.75) is 0 Å². The summed E-state index contributed by atoms with van der Waals surface area (Å²) in [4.78, 5) is 0.797. The lowest BCUT2D eigenvalue weighted by molar-refractivity contribution is 0.415. The summed E-state index contributed by atoms with van der Waals surface area (Å²) in [6.07, 6.45) is 4.01. The first-order valence-corrected chi connectivity index (χ1v) is 8.12. The van der Waals surface area contributed by atoms with Crippen LogP contribution in [0.1, 0.15) is 5.56 Å². The van der Waals surface area contributed by atoms with Gasteiger partial charge in [-0.15, -0.1) is 11.8 Å². The Morgan fingerprint density at radius 2 is 1.76 bits per heavy atom. The van der Waals surface area contributed by atoms with E-state index >= 15 is 0 Å². The Bertz CT molecular complexity index is 621. The third-order valence-corrected chi connectivity index (χ3v) is 3.91. The van der Waals surface area contributed by atoms with E-state index in [9.17, 15) is 0 Å². The van der Waals surface area contributed by atoms with Crippen LogP contribution in [0, 0.1) is 0 Å². The fourth-order valence-corrected chi connectivity index (χ4v) is 2.55. The molecule has 1 N–H and O–H groups in total. The first kappa shape index (κ1) is 15.6. The summed E-state index contributed by atoms with van der Waals surface area (Å²) < 4.78 is 5.16. The first-order chi connectivity index (χ1) is 10.2. The molecule has 0 bridgehead atoms. The topological polar surface area (TPSA) is 21.3 Å². The molecule has 0 aromatic heterocycles. The van der Waals surface area contributed by atoms with Crippen molar-refractivity contribution in [1.82, 2.24) is 0 Å². The van der Waals surface area contributed by atoms with Crippen molar-refractivity contribution < 1.29 is 4.74 Å². The number of anilines is 1. The summed E-state index contributed by atoms with van der Waals surface area (Å²) in [5.74, 6) is 0.832. The highest BCUT2D eigenvalue weighted by Crippen LogP contribution is 2.19. The third-order valence-electron chi connectivity index (χ3n) is 2.90. The van der Waals surface area contributed by atoms with Crippen LogP contribution in [-0.4, -0.2) is 18.2 Å². The van der Waals surface area contributed by atoms with Crippen molar-refractivity contribution in [2.75, 3.05) is 18.7 Å². The monoisotopic (exact) mass is 315 g/mol. The van der Waals surface area contributed by atoms with Crippen LogP contribution in [0.25, 0.3) is 0 Å². The predicted octanol–water partition coefficient (Wildman–Crippen LogP) is 4.73. The van der Waals surface area contributed by atoms with E-state index in [1.165, 1.54) is 0 Å². The highest BCUT2D eigenvalue weighted by Gasteiger charge is 2.02. The molecule has 0 fully saturated rings. The molecule has 0 saturated carbocycles. The van der Waals surface area contributed by atoms with Crippen LogP contribution in [0.2, 0.25) is 0 Å². The normalized spacial score (nSPS) is 11.0. The number of methoxy groups -OCH3 is 1. The second kappa shape index (κ2) is 7.86. The molecule has 108 valence electrons. The Balaban J connectivity index is 2.12. The fraction of sp³-hybridized carbons (Fsp3) is 0.118. The zero-order valence-electron chi connectivity index (χ0n) is 12.0. The first-order valence-electron chi connectivity index (χ1n) is 6.49. The van der Waals surface area contributed by atoms with Gasteiger partial charge in [-0.1, -0.05) is 30.4 Å². The molecule has 21 heavy (non-hydrogen) atoms. The van der Waals surface area contributed by atoms with Crippen LogP contribution in [-0.2, 0) is 0 Å². The van der Waals surface area contributed by atoms with E-state index in [4.69, 9.17) is 17.0 Å². The van der Waals surface area contributed by atoms with Crippen molar-refractivity contribution in [3.8, 4) is 5.75 Å². The minimum atomic E-state index is 0.797. The van der Waals surface area contributed by atoms with E-state index in [-0.39, 0.29) is 0 Å². The molecule has 0 aliphatic rings. The second-order valence-electron chi connectivity index (χ2n) is 4.30. The molecule has 4 heteroatoms. The van der Waals surface area contributed by atoms with Crippen LogP contribution in [0.15, 0.2) is 65.7 Å². The van der Waals surface area contributed by atoms with E-state index in [2.05, 4.69) is 5.32 Å². The average Bonchev–Trinajstić information content (AvgIpc) is 2.55. The Kier molecular flexibility index (Phi) is 5.84. The minimum absolute atomic E-state index is 0.797. The van der Waals surface area contributed by atoms with Crippen molar-refractivity contribution in [3.05, 3.63) is 71.3 Å². The molecule has 0 amide bonds. The number of nitrogens with one attached hydrogen (secondary N) is 1. The van der Waals surface area contributed by atoms with E-state index in [1.54, 1.807) is 18.9 Å². The van der Waals surface area contributed by atoms with Gasteiger partial charge < -0.3 is 10.1 Å². The molecule has 2 aromatic carbocycles. The number of para-hydroxylation sites is 1. The quantitative estimate of drug-likeness (QED) is 0.472. The molecular formula is C17H17NOS2. The third kappa shape index (κ3) is 4.62. The summed E-state index contributed by atoms with van der Waals surface area (Å²) in [5.41, 5.74) is 2.06. The molecule has 0 heterocycles. The maximum atomic E-state index is 5.49. The molecule has 0 aliphatic carbocycles. The lowest BCUT2D eigenvalue weighted by atomic mass is 10.1. The molecule has 2 aromatic rings. The molecule has 0 saturated heterocycles. The Morgan fingerprint density at radius 1 is 1.10 bits per heavy atom. The van der Waals surface area contributed by atoms with Gasteiger partial charge in [-0.2, -0.15) is 0 Å². The molecule has 2 nitrogen and oxygen atoms in total. The van der Waals surface area contributed by atoms with E-state index < -0.39 is 0 Å². The standard InChI is InChI=1S/C17H17NOS2/c1-19-15-10-8-13(9-11-15)16(20)12-17(21-2)18-14-6-4-3-5-7-14/h3-12,18H,1-2H3/b17-12+. The highest BCUT2D eigenvalue weighted by molar-refractivity contribution is 8.02. The molecular weight excluding hydrogens is 298 g/mol. The number of thioether (sulfide) groups is 1. The summed E-state index contributed by atoms with van der Waals surface area (Å²) in [6, 6.07) is 17.8. The van der Waals surface area contributed by atoms with Crippen LogP contribution in [0.4, 0.5) is 5.69 Å². The number of allylic oxidation sites excluding steroid dienone is 1. The maximum absolute atomic E-state index is 5.49. The van der Waals surface area contributed by atoms with E-state index in [0.29, 0.717) is 0 Å². The largest absolute Gasteiger partial charge is 0.497 e. The molecule has 0 atom stereocenters. The summed E-state index contributed by atoms with van der Waals surface area (Å²) >= 11 is 7.12. The van der Waals surface area contributed by atoms with Gasteiger partial charge in [-0.25, -0.2) is 0 Å². The van der Waals surface area contributed by atoms with Gasteiger partial charge in [0.1, 0.15) is 5.75 Å².